The van der Waals surface area contributed by atoms with Gasteiger partial charge in [0.15, 0.2) is 0 Å². The van der Waals surface area contributed by atoms with Crippen LogP contribution in [-0.2, 0) is 26.3 Å². The molecular formula is C17H18ClNO3S. The van der Waals surface area contributed by atoms with Crippen molar-refractivity contribution in [2.45, 2.75) is 32.3 Å². The SMILES string of the molecule is CCOC(=O)CC1(C)OCCc2nc(-c3ccc(Cl)cc3)sc21. The van der Waals surface area contributed by atoms with Gasteiger partial charge in [-0.1, -0.05) is 23.7 Å². The highest BCUT2D eigenvalue weighted by Gasteiger charge is 2.39. The van der Waals surface area contributed by atoms with E-state index in [-0.39, 0.29) is 12.4 Å². The van der Waals surface area contributed by atoms with Crippen LogP contribution >= 0.6 is 22.9 Å². The molecule has 0 bridgehead atoms. The van der Waals surface area contributed by atoms with Crippen LogP contribution in [0.4, 0.5) is 0 Å². The lowest BCUT2D eigenvalue weighted by atomic mass is 9.95. The van der Waals surface area contributed by atoms with Crippen LogP contribution in [0.3, 0.4) is 0 Å². The third-order valence-electron chi connectivity index (χ3n) is 3.82. The third-order valence-corrected chi connectivity index (χ3v) is 5.46. The Labute approximate surface area is 144 Å². The summed E-state index contributed by atoms with van der Waals surface area (Å²) in [6.07, 6.45) is 0.966. The average Bonchev–Trinajstić information content (AvgIpc) is 2.94. The first-order valence-corrected chi connectivity index (χ1v) is 8.77. The van der Waals surface area contributed by atoms with Gasteiger partial charge in [-0.3, -0.25) is 4.79 Å². The molecule has 1 aliphatic heterocycles. The van der Waals surface area contributed by atoms with E-state index in [2.05, 4.69) is 0 Å². The summed E-state index contributed by atoms with van der Waals surface area (Å²) in [5.74, 6) is -0.246. The number of hydrogen-bond donors (Lipinski definition) is 0. The number of thiazole rings is 1. The van der Waals surface area contributed by atoms with Gasteiger partial charge in [0.1, 0.15) is 10.6 Å². The summed E-state index contributed by atoms with van der Waals surface area (Å²) in [5.41, 5.74) is 1.37. The number of benzene rings is 1. The number of carbonyl (C=O) groups is 1. The van der Waals surface area contributed by atoms with Crippen LogP contribution in [0.5, 0.6) is 0 Å². The van der Waals surface area contributed by atoms with E-state index in [9.17, 15) is 4.79 Å². The van der Waals surface area contributed by atoms with Crippen LogP contribution in [0.2, 0.25) is 5.02 Å². The second-order valence-corrected chi connectivity index (χ2v) is 7.05. The number of fused-ring (bicyclic) bond motifs is 1. The molecule has 0 N–H and O–H groups in total. The van der Waals surface area contributed by atoms with Crippen molar-refractivity contribution >= 4 is 28.9 Å². The second-order valence-electron chi connectivity index (χ2n) is 5.61. The van der Waals surface area contributed by atoms with Gasteiger partial charge in [-0.05, 0) is 26.0 Å². The fourth-order valence-electron chi connectivity index (χ4n) is 2.71. The van der Waals surface area contributed by atoms with Crippen LogP contribution in [0.1, 0.15) is 30.8 Å². The maximum absolute atomic E-state index is 11.9. The zero-order valence-corrected chi connectivity index (χ0v) is 14.7. The van der Waals surface area contributed by atoms with E-state index < -0.39 is 5.60 Å². The Kier molecular flexibility index (Phi) is 4.71. The van der Waals surface area contributed by atoms with Gasteiger partial charge in [-0.15, -0.1) is 11.3 Å². The number of rotatable bonds is 4. The molecule has 0 fully saturated rings. The molecule has 1 atom stereocenters. The molecule has 1 aliphatic rings. The molecule has 1 unspecified atom stereocenters. The molecular weight excluding hydrogens is 334 g/mol. The highest BCUT2D eigenvalue weighted by atomic mass is 35.5. The predicted octanol–water partition coefficient (Wildman–Crippen LogP) is 4.20. The number of aromatic nitrogens is 1. The number of esters is 1. The quantitative estimate of drug-likeness (QED) is 0.774. The standard InChI is InChI=1S/C17H18ClNO3S/c1-3-21-14(20)10-17(2)15-13(8-9-22-17)19-16(23-15)11-4-6-12(18)7-5-11/h4-7H,3,8-10H2,1-2H3. The monoisotopic (exact) mass is 351 g/mol. The summed E-state index contributed by atoms with van der Waals surface area (Å²) < 4.78 is 11.0. The van der Waals surface area contributed by atoms with Crippen molar-refractivity contribution in [3.63, 3.8) is 0 Å². The van der Waals surface area contributed by atoms with Crippen molar-refractivity contribution < 1.29 is 14.3 Å². The molecule has 1 aromatic carbocycles. The Morgan fingerprint density at radius 3 is 2.87 bits per heavy atom. The van der Waals surface area contributed by atoms with Gasteiger partial charge in [0.25, 0.3) is 0 Å². The Morgan fingerprint density at radius 2 is 2.17 bits per heavy atom. The third kappa shape index (κ3) is 3.42. The van der Waals surface area contributed by atoms with E-state index in [1.807, 2.05) is 31.2 Å². The van der Waals surface area contributed by atoms with Gasteiger partial charge in [0.05, 0.1) is 30.2 Å². The Morgan fingerprint density at radius 1 is 1.43 bits per heavy atom. The number of ether oxygens (including phenoxy) is 2. The summed E-state index contributed by atoms with van der Waals surface area (Å²) in [5, 5.41) is 1.62. The molecule has 0 radical (unpaired) electrons. The number of carbonyl (C=O) groups excluding carboxylic acids is 1. The Hall–Kier alpha value is -1.43. The largest absolute Gasteiger partial charge is 0.466 e. The molecule has 23 heavy (non-hydrogen) atoms. The number of halogens is 1. The van der Waals surface area contributed by atoms with Crippen molar-refractivity contribution in [3.8, 4) is 10.6 Å². The lowest BCUT2D eigenvalue weighted by Crippen LogP contribution is -2.34. The lowest BCUT2D eigenvalue weighted by Gasteiger charge is -2.32. The minimum atomic E-state index is -0.665. The Bertz CT molecular complexity index is 713. The van der Waals surface area contributed by atoms with E-state index in [4.69, 9.17) is 26.1 Å². The first-order valence-electron chi connectivity index (χ1n) is 7.57. The first kappa shape index (κ1) is 16.4. The van der Waals surface area contributed by atoms with E-state index >= 15 is 0 Å². The highest BCUT2D eigenvalue weighted by molar-refractivity contribution is 7.15. The van der Waals surface area contributed by atoms with Gasteiger partial charge >= 0.3 is 5.97 Å². The topological polar surface area (TPSA) is 48.4 Å². The molecule has 0 spiro atoms. The van der Waals surface area contributed by atoms with Crippen LogP contribution < -0.4 is 0 Å². The molecule has 6 heteroatoms. The van der Waals surface area contributed by atoms with E-state index in [1.165, 1.54) is 0 Å². The minimum absolute atomic E-state index is 0.204. The van der Waals surface area contributed by atoms with Crippen LogP contribution in [-0.4, -0.2) is 24.2 Å². The summed E-state index contributed by atoms with van der Waals surface area (Å²) >= 11 is 7.52. The van der Waals surface area contributed by atoms with Gasteiger partial charge in [-0.2, -0.15) is 0 Å². The Balaban J connectivity index is 1.93. The van der Waals surface area contributed by atoms with Crippen LogP contribution in [0, 0.1) is 0 Å². The molecule has 0 aliphatic carbocycles. The molecule has 1 aromatic heterocycles. The molecule has 2 heterocycles. The van der Waals surface area contributed by atoms with E-state index in [1.54, 1.807) is 18.3 Å². The van der Waals surface area contributed by atoms with Gasteiger partial charge in [0, 0.05) is 17.0 Å². The predicted molar refractivity (Wildman–Crippen MR) is 90.8 cm³/mol. The first-order chi connectivity index (χ1) is 11.0. The normalized spacial score (nSPS) is 20.1. The minimum Gasteiger partial charge on any atom is -0.466 e. The second kappa shape index (κ2) is 6.59. The average molecular weight is 352 g/mol. The lowest BCUT2D eigenvalue weighted by molar-refractivity contribution is -0.152. The van der Waals surface area contributed by atoms with Crippen molar-refractivity contribution in [2.24, 2.45) is 0 Å². The summed E-state index contributed by atoms with van der Waals surface area (Å²) in [6, 6.07) is 7.61. The zero-order chi connectivity index (χ0) is 16.4. The van der Waals surface area contributed by atoms with Gasteiger partial charge in [-0.25, -0.2) is 4.98 Å². The molecule has 122 valence electrons. The zero-order valence-electron chi connectivity index (χ0n) is 13.1. The van der Waals surface area contributed by atoms with E-state index in [0.29, 0.717) is 18.2 Å². The molecule has 2 aromatic rings. The highest BCUT2D eigenvalue weighted by Crippen LogP contribution is 2.42. The molecule has 0 saturated heterocycles. The summed E-state index contributed by atoms with van der Waals surface area (Å²) in [4.78, 5) is 17.7. The van der Waals surface area contributed by atoms with Crippen molar-refractivity contribution in [3.05, 3.63) is 39.9 Å². The van der Waals surface area contributed by atoms with Crippen LogP contribution in [0.15, 0.2) is 24.3 Å². The molecule has 3 rings (SSSR count). The number of nitrogens with zero attached hydrogens (tertiary/aromatic N) is 1. The summed E-state index contributed by atoms with van der Waals surface area (Å²) in [6.45, 7) is 4.68. The summed E-state index contributed by atoms with van der Waals surface area (Å²) in [7, 11) is 0. The number of hydrogen-bond acceptors (Lipinski definition) is 5. The maximum atomic E-state index is 11.9. The van der Waals surface area contributed by atoms with Crippen molar-refractivity contribution in [1.29, 1.82) is 0 Å². The fourth-order valence-corrected chi connectivity index (χ4v) is 4.05. The fraction of sp³-hybridized carbons (Fsp3) is 0.412. The molecule has 0 amide bonds. The maximum Gasteiger partial charge on any atom is 0.309 e. The van der Waals surface area contributed by atoms with E-state index in [0.717, 1.165) is 27.6 Å². The molecule has 4 nitrogen and oxygen atoms in total. The molecule has 0 saturated carbocycles. The smallest absolute Gasteiger partial charge is 0.309 e. The van der Waals surface area contributed by atoms with Crippen molar-refractivity contribution in [2.75, 3.05) is 13.2 Å². The van der Waals surface area contributed by atoms with Gasteiger partial charge < -0.3 is 9.47 Å². The van der Waals surface area contributed by atoms with Gasteiger partial charge in [0.2, 0.25) is 0 Å². The van der Waals surface area contributed by atoms with Crippen LogP contribution in [0.25, 0.3) is 10.6 Å². The van der Waals surface area contributed by atoms with Crippen molar-refractivity contribution in [1.82, 2.24) is 4.98 Å².